The SMILES string of the molecule is CC(C)[C@H](NS(=O)(=O)c1ccccc1F)C(=O)Nc1ccccn1. The number of hydrogen-bond donors (Lipinski definition) is 2. The summed E-state index contributed by atoms with van der Waals surface area (Å²) in [5, 5.41) is 2.54. The summed E-state index contributed by atoms with van der Waals surface area (Å²) >= 11 is 0. The van der Waals surface area contributed by atoms with Crippen molar-refractivity contribution in [3.8, 4) is 0 Å². The standard InChI is InChI=1S/C16H18FN3O3S/c1-11(2)15(16(21)19-14-9-5-6-10-18-14)20-24(22,23)13-8-4-3-7-12(13)17/h3-11,15,20H,1-2H3,(H,18,19,21)/t15-/m0/s1. The summed E-state index contributed by atoms with van der Waals surface area (Å²) in [4.78, 5) is 15.8. The maximum atomic E-state index is 13.8. The number of anilines is 1. The van der Waals surface area contributed by atoms with Crippen LogP contribution in [0.15, 0.2) is 53.6 Å². The van der Waals surface area contributed by atoms with Gasteiger partial charge < -0.3 is 5.32 Å². The minimum absolute atomic E-state index is 0.304. The van der Waals surface area contributed by atoms with Crippen LogP contribution in [0.3, 0.4) is 0 Å². The van der Waals surface area contributed by atoms with Crippen LogP contribution in [0.4, 0.5) is 10.2 Å². The van der Waals surface area contributed by atoms with Crippen LogP contribution in [0.25, 0.3) is 0 Å². The molecule has 0 bridgehead atoms. The molecule has 1 amide bonds. The maximum absolute atomic E-state index is 13.8. The zero-order valence-corrected chi connectivity index (χ0v) is 14.0. The van der Waals surface area contributed by atoms with E-state index < -0.39 is 32.7 Å². The van der Waals surface area contributed by atoms with Gasteiger partial charge in [0.15, 0.2) is 0 Å². The van der Waals surface area contributed by atoms with E-state index in [2.05, 4.69) is 15.0 Å². The molecule has 8 heteroatoms. The summed E-state index contributed by atoms with van der Waals surface area (Å²) in [6.07, 6.45) is 1.50. The van der Waals surface area contributed by atoms with E-state index in [4.69, 9.17) is 0 Å². The molecule has 0 unspecified atom stereocenters. The van der Waals surface area contributed by atoms with Gasteiger partial charge in [0.1, 0.15) is 22.6 Å². The van der Waals surface area contributed by atoms with Gasteiger partial charge in [-0.25, -0.2) is 17.8 Å². The third-order valence-electron chi connectivity index (χ3n) is 3.27. The van der Waals surface area contributed by atoms with Gasteiger partial charge in [0.2, 0.25) is 15.9 Å². The average molecular weight is 351 g/mol. The van der Waals surface area contributed by atoms with Crippen molar-refractivity contribution < 1.29 is 17.6 Å². The van der Waals surface area contributed by atoms with E-state index in [9.17, 15) is 17.6 Å². The van der Waals surface area contributed by atoms with Crippen molar-refractivity contribution in [1.29, 1.82) is 0 Å². The monoisotopic (exact) mass is 351 g/mol. The molecule has 1 aromatic heterocycles. The van der Waals surface area contributed by atoms with Crippen LogP contribution in [0, 0.1) is 11.7 Å². The molecule has 1 aromatic carbocycles. The number of nitrogens with one attached hydrogen (secondary N) is 2. The second kappa shape index (κ2) is 7.50. The molecule has 0 fully saturated rings. The minimum Gasteiger partial charge on any atom is -0.309 e. The van der Waals surface area contributed by atoms with Crippen LogP contribution in [0.2, 0.25) is 0 Å². The second-order valence-corrected chi connectivity index (χ2v) is 7.16. The van der Waals surface area contributed by atoms with Crippen molar-refractivity contribution in [2.45, 2.75) is 24.8 Å². The van der Waals surface area contributed by atoms with Crippen molar-refractivity contribution in [1.82, 2.24) is 9.71 Å². The van der Waals surface area contributed by atoms with E-state index in [-0.39, 0.29) is 5.92 Å². The van der Waals surface area contributed by atoms with E-state index >= 15 is 0 Å². The van der Waals surface area contributed by atoms with Crippen LogP contribution in [0.1, 0.15) is 13.8 Å². The Hall–Kier alpha value is -2.32. The van der Waals surface area contributed by atoms with Crippen molar-refractivity contribution in [3.05, 3.63) is 54.5 Å². The molecule has 0 saturated heterocycles. The van der Waals surface area contributed by atoms with Crippen molar-refractivity contribution in [2.24, 2.45) is 5.92 Å². The minimum atomic E-state index is -4.18. The molecule has 0 aliphatic rings. The summed E-state index contributed by atoms with van der Waals surface area (Å²) in [6.45, 7) is 3.37. The Morgan fingerprint density at radius 1 is 1.12 bits per heavy atom. The quantitative estimate of drug-likeness (QED) is 0.835. The lowest BCUT2D eigenvalue weighted by Gasteiger charge is -2.21. The number of benzene rings is 1. The smallest absolute Gasteiger partial charge is 0.244 e. The summed E-state index contributed by atoms with van der Waals surface area (Å²) in [5.74, 6) is -1.49. The highest BCUT2D eigenvalue weighted by atomic mass is 32.2. The number of hydrogen-bond acceptors (Lipinski definition) is 4. The fourth-order valence-corrected chi connectivity index (χ4v) is 3.45. The molecule has 2 rings (SSSR count). The zero-order chi connectivity index (χ0) is 17.7. The van der Waals surface area contributed by atoms with E-state index in [1.54, 1.807) is 32.0 Å². The molecule has 2 aromatic rings. The van der Waals surface area contributed by atoms with Gasteiger partial charge in [0, 0.05) is 6.20 Å². The van der Waals surface area contributed by atoms with Gasteiger partial charge in [0.05, 0.1) is 0 Å². The zero-order valence-electron chi connectivity index (χ0n) is 13.2. The van der Waals surface area contributed by atoms with Crippen LogP contribution in [-0.4, -0.2) is 25.4 Å². The molecule has 1 heterocycles. The Morgan fingerprint density at radius 2 is 1.79 bits per heavy atom. The normalized spacial score (nSPS) is 12.8. The van der Waals surface area contributed by atoms with Crippen molar-refractivity contribution in [3.63, 3.8) is 0 Å². The van der Waals surface area contributed by atoms with E-state index in [1.165, 1.54) is 18.3 Å². The van der Waals surface area contributed by atoms with Crippen LogP contribution < -0.4 is 10.0 Å². The molecule has 6 nitrogen and oxygen atoms in total. The molecule has 0 aliphatic heterocycles. The third kappa shape index (κ3) is 4.36. The van der Waals surface area contributed by atoms with Crippen LogP contribution in [-0.2, 0) is 14.8 Å². The highest BCUT2D eigenvalue weighted by Gasteiger charge is 2.30. The van der Waals surface area contributed by atoms with Gasteiger partial charge in [-0.2, -0.15) is 4.72 Å². The van der Waals surface area contributed by atoms with Gasteiger partial charge in [-0.3, -0.25) is 4.79 Å². The topological polar surface area (TPSA) is 88.2 Å². The number of pyridine rings is 1. The van der Waals surface area contributed by atoms with Gasteiger partial charge >= 0.3 is 0 Å². The van der Waals surface area contributed by atoms with E-state index in [0.29, 0.717) is 5.82 Å². The number of aromatic nitrogens is 1. The Kier molecular flexibility index (Phi) is 5.63. The number of carbonyl (C=O) groups is 1. The summed E-state index contributed by atoms with van der Waals surface area (Å²) in [5.41, 5.74) is 0. The molecule has 24 heavy (non-hydrogen) atoms. The highest BCUT2D eigenvalue weighted by Crippen LogP contribution is 2.16. The maximum Gasteiger partial charge on any atom is 0.244 e. The van der Waals surface area contributed by atoms with Crippen LogP contribution >= 0.6 is 0 Å². The summed E-state index contributed by atoms with van der Waals surface area (Å²) < 4.78 is 40.8. The summed E-state index contributed by atoms with van der Waals surface area (Å²) in [6, 6.07) is 8.89. The number of amides is 1. The average Bonchev–Trinajstić information content (AvgIpc) is 2.53. The first-order chi connectivity index (χ1) is 11.3. The number of halogens is 1. The Balaban J connectivity index is 2.22. The van der Waals surface area contributed by atoms with Gasteiger partial charge in [-0.1, -0.05) is 32.0 Å². The molecule has 0 saturated carbocycles. The molecule has 0 spiro atoms. The van der Waals surface area contributed by atoms with Crippen molar-refractivity contribution >= 4 is 21.7 Å². The molecular formula is C16H18FN3O3S. The molecule has 2 N–H and O–H groups in total. The van der Waals surface area contributed by atoms with Gasteiger partial charge in [0.25, 0.3) is 0 Å². The first-order valence-electron chi connectivity index (χ1n) is 7.30. The lowest BCUT2D eigenvalue weighted by Crippen LogP contribution is -2.47. The lowest BCUT2D eigenvalue weighted by molar-refractivity contribution is -0.118. The third-order valence-corrected chi connectivity index (χ3v) is 4.75. The second-order valence-electron chi connectivity index (χ2n) is 5.48. The van der Waals surface area contributed by atoms with Gasteiger partial charge in [-0.05, 0) is 30.2 Å². The lowest BCUT2D eigenvalue weighted by atomic mass is 10.1. The number of carbonyl (C=O) groups excluding carboxylic acids is 1. The number of nitrogens with zero attached hydrogens (tertiary/aromatic N) is 1. The fourth-order valence-electron chi connectivity index (χ4n) is 2.03. The first kappa shape index (κ1) is 18.0. The largest absolute Gasteiger partial charge is 0.309 e. The fraction of sp³-hybridized carbons (Fsp3) is 0.250. The predicted molar refractivity (Wildman–Crippen MR) is 88.2 cm³/mol. The highest BCUT2D eigenvalue weighted by molar-refractivity contribution is 7.89. The summed E-state index contributed by atoms with van der Waals surface area (Å²) in [7, 11) is -4.18. The van der Waals surface area contributed by atoms with Gasteiger partial charge in [-0.15, -0.1) is 0 Å². The number of rotatable bonds is 6. The molecule has 128 valence electrons. The number of sulfonamides is 1. The Labute approximate surface area is 140 Å². The molecule has 1 atom stereocenters. The van der Waals surface area contributed by atoms with E-state index in [0.717, 1.165) is 12.1 Å². The Bertz CT molecular complexity index is 810. The Morgan fingerprint density at radius 3 is 2.38 bits per heavy atom. The molecule has 0 aliphatic carbocycles. The molecular weight excluding hydrogens is 333 g/mol. The van der Waals surface area contributed by atoms with Crippen LogP contribution in [0.5, 0.6) is 0 Å². The first-order valence-corrected chi connectivity index (χ1v) is 8.78. The predicted octanol–water partition coefficient (Wildman–Crippen LogP) is 2.16. The van der Waals surface area contributed by atoms with E-state index in [1.807, 2.05) is 0 Å². The van der Waals surface area contributed by atoms with Crippen molar-refractivity contribution in [2.75, 3.05) is 5.32 Å². The molecule has 0 radical (unpaired) electrons.